The van der Waals surface area contributed by atoms with Crippen LogP contribution in [0, 0.1) is 10.8 Å². The summed E-state index contributed by atoms with van der Waals surface area (Å²) < 4.78 is 13.1. The average Bonchev–Trinajstić information content (AvgIpc) is 2.10. The van der Waals surface area contributed by atoms with E-state index in [1.54, 1.807) is 0 Å². The molecule has 0 aromatic carbocycles. The van der Waals surface area contributed by atoms with E-state index in [-0.39, 0.29) is 10.8 Å². The quantitative estimate of drug-likeness (QED) is 0.675. The lowest BCUT2D eigenvalue weighted by atomic mass is 9.82. The lowest BCUT2D eigenvalue weighted by Crippen LogP contribution is -2.28. The van der Waals surface area contributed by atoms with Gasteiger partial charge in [0.1, 0.15) is 0 Å². The largest absolute Gasteiger partial charge is 0.341 e. The zero-order valence-electron chi connectivity index (χ0n) is 14.4. The predicted octanol–water partition coefficient (Wildman–Crippen LogP) is 5.73. The summed E-state index contributed by atoms with van der Waals surface area (Å²) in [6.45, 7) is 16.5. The molecule has 0 radical (unpaired) electrons. The molecule has 0 amide bonds. The first kappa shape index (κ1) is 17.7. The standard InChI is InChI=1S/C17H31O2P/c1-13-11-16(5,6)10-9-14(13)20(18,19)17(7,8)12-15(2,3)4/h9-10H,11-12H2,1-8H3,(H,18,19). The Morgan fingerprint density at radius 1 is 1.25 bits per heavy atom. The summed E-state index contributed by atoms with van der Waals surface area (Å²) in [7, 11) is -3.39. The van der Waals surface area contributed by atoms with E-state index < -0.39 is 12.5 Å². The Morgan fingerprint density at radius 3 is 2.15 bits per heavy atom. The molecule has 0 aliphatic heterocycles. The molecule has 1 aliphatic carbocycles. The predicted molar refractivity (Wildman–Crippen MR) is 88.2 cm³/mol. The molecule has 0 bridgehead atoms. The highest BCUT2D eigenvalue weighted by Gasteiger charge is 2.45. The van der Waals surface area contributed by atoms with Crippen molar-refractivity contribution >= 4 is 7.37 Å². The third kappa shape index (κ3) is 3.86. The Balaban J connectivity index is 3.18. The summed E-state index contributed by atoms with van der Waals surface area (Å²) in [6.07, 6.45) is 5.55. The Bertz CT molecular complexity index is 488. The molecule has 3 heteroatoms. The van der Waals surface area contributed by atoms with Crippen molar-refractivity contribution < 1.29 is 9.46 Å². The van der Waals surface area contributed by atoms with Gasteiger partial charge in [-0.2, -0.15) is 0 Å². The molecule has 0 saturated carbocycles. The molecular weight excluding hydrogens is 267 g/mol. The second-order valence-corrected chi connectivity index (χ2v) is 11.6. The minimum absolute atomic E-state index is 0.0357. The number of hydrogen-bond donors (Lipinski definition) is 1. The van der Waals surface area contributed by atoms with Gasteiger partial charge in [-0.05, 0) is 30.6 Å². The molecule has 2 nitrogen and oxygen atoms in total. The fourth-order valence-electron chi connectivity index (χ4n) is 3.37. The molecule has 0 spiro atoms. The van der Waals surface area contributed by atoms with Gasteiger partial charge < -0.3 is 4.89 Å². The second-order valence-electron chi connectivity index (χ2n) is 8.79. The zero-order valence-corrected chi connectivity index (χ0v) is 15.3. The highest BCUT2D eigenvalue weighted by molar-refractivity contribution is 7.64. The smallest absolute Gasteiger partial charge is 0.234 e. The molecule has 0 heterocycles. The molecule has 0 aromatic rings. The molecule has 0 aromatic heterocycles. The number of allylic oxidation sites excluding steroid dienone is 4. The lowest BCUT2D eigenvalue weighted by Gasteiger charge is -2.38. The third-order valence-corrected chi connectivity index (χ3v) is 6.94. The maximum Gasteiger partial charge on any atom is 0.234 e. The summed E-state index contributed by atoms with van der Waals surface area (Å²) in [5.74, 6) is 0. The van der Waals surface area contributed by atoms with E-state index >= 15 is 0 Å². The minimum atomic E-state index is -3.39. The highest BCUT2D eigenvalue weighted by Crippen LogP contribution is 2.66. The van der Waals surface area contributed by atoms with Crippen molar-refractivity contribution in [1.82, 2.24) is 0 Å². The van der Waals surface area contributed by atoms with Crippen LogP contribution < -0.4 is 0 Å². The Hall–Kier alpha value is -0.330. The SMILES string of the molecule is CC1=C(P(=O)(O)C(C)(C)CC(C)(C)C)C=CC(C)(C)C1. The Kier molecular flexibility index (Phi) is 4.56. The molecule has 1 N–H and O–H groups in total. The summed E-state index contributed by atoms with van der Waals surface area (Å²) in [4.78, 5) is 10.8. The van der Waals surface area contributed by atoms with Crippen LogP contribution >= 0.6 is 7.37 Å². The Labute approximate surface area is 124 Å². The van der Waals surface area contributed by atoms with Gasteiger partial charge in [0, 0.05) is 10.5 Å². The summed E-state index contributed by atoms with van der Waals surface area (Å²) in [5, 5.41) is 0.0688. The normalized spacial score (nSPS) is 22.9. The van der Waals surface area contributed by atoms with Crippen LogP contribution in [0.4, 0.5) is 0 Å². The van der Waals surface area contributed by atoms with Gasteiger partial charge in [0.25, 0.3) is 0 Å². The van der Waals surface area contributed by atoms with Gasteiger partial charge in [-0.3, -0.25) is 4.57 Å². The van der Waals surface area contributed by atoms with Crippen LogP contribution in [0.2, 0.25) is 0 Å². The van der Waals surface area contributed by atoms with Crippen LogP contribution in [0.5, 0.6) is 0 Å². The van der Waals surface area contributed by atoms with Gasteiger partial charge >= 0.3 is 0 Å². The van der Waals surface area contributed by atoms with Crippen molar-refractivity contribution in [3.63, 3.8) is 0 Å². The van der Waals surface area contributed by atoms with Crippen molar-refractivity contribution in [2.45, 2.75) is 73.4 Å². The summed E-state index contributed by atoms with van der Waals surface area (Å²) in [5.41, 5.74) is 1.18. The van der Waals surface area contributed by atoms with E-state index in [2.05, 4.69) is 40.7 Å². The monoisotopic (exact) mass is 298 g/mol. The first-order valence-corrected chi connectivity index (χ1v) is 9.06. The third-order valence-electron chi connectivity index (χ3n) is 3.96. The fraction of sp³-hybridized carbons (Fsp3) is 0.765. The summed E-state index contributed by atoms with van der Waals surface area (Å²) in [6, 6.07) is 0. The van der Waals surface area contributed by atoms with Gasteiger partial charge in [0.05, 0.1) is 0 Å². The maximum atomic E-state index is 13.1. The molecule has 0 saturated heterocycles. The van der Waals surface area contributed by atoms with E-state index in [9.17, 15) is 9.46 Å². The zero-order chi connectivity index (χ0) is 16.0. The average molecular weight is 298 g/mol. The Morgan fingerprint density at radius 2 is 1.75 bits per heavy atom. The highest BCUT2D eigenvalue weighted by atomic mass is 31.2. The van der Waals surface area contributed by atoms with Gasteiger partial charge in [0.15, 0.2) is 0 Å². The lowest BCUT2D eigenvalue weighted by molar-refractivity contribution is 0.313. The first-order valence-electron chi connectivity index (χ1n) is 7.40. The van der Waals surface area contributed by atoms with Gasteiger partial charge in [-0.15, -0.1) is 0 Å². The first-order chi connectivity index (χ1) is 8.68. The number of hydrogen-bond acceptors (Lipinski definition) is 1. The van der Waals surface area contributed by atoms with E-state index in [0.29, 0.717) is 5.31 Å². The summed E-state index contributed by atoms with van der Waals surface area (Å²) >= 11 is 0. The van der Waals surface area contributed by atoms with Crippen LogP contribution in [-0.2, 0) is 4.57 Å². The topological polar surface area (TPSA) is 37.3 Å². The van der Waals surface area contributed by atoms with Gasteiger partial charge in [-0.1, -0.05) is 66.2 Å². The second kappa shape index (κ2) is 5.14. The molecular formula is C17H31O2P. The molecule has 0 fully saturated rings. The molecule has 1 unspecified atom stereocenters. The van der Waals surface area contributed by atoms with Crippen molar-refractivity contribution in [3.05, 3.63) is 23.0 Å². The molecule has 20 heavy (non-hydrogen) atoms. The van der Waals surface area contributed by atoms with Crippen LogP contribution in [0.15, 0.2) is 23.0 Å². The van der Waals surface area contributed by atoms with Gasteiger partial charge in [0.2, 0.25) is 7.37 Å². The van der Waals surface area contributed by atoms with Crippen LogP contribution in [-0.4, -0.2) is 10.0 Å². The molecule has 1 rings (SSSR count). The van der Waals surface area contributed by atoms with E-state index in [1.165, 1.54) is 0 Å². The van der Waals surface area contributed by atoms with Crippen LogP contribution in [0.25, 0.3) is 0 Å². The van der Waals surface area contributed by atoms with Crippen LogP contribution in [0.1, 0.15) is 68.2 Å². The molecule has 1 aliphatic rings. The van der Waals surface area contributed by atoms with Gasteiger partial charge in [-0.25, -0.2) is 0 Å². The van der Waals surface area contributed by atoms with Crippen molar-refractivity contribution in [2.24, 2.45) is 10.8 Å². The number of rotatable bonds is 3. The van der Waals surface area contributed by atoms with Crippen molar-refractivity contribution in [2.75, 3.05) is 0 Å². The van der Waals surface area contributed by atoms with Crippen molar-refractivity contribution in [3.8, 4) is 0 Å². The van der Waals surface area contributed by atoms with E-state index in [1.807, 2.05) is 26.8 Å². The van der Waals surface area contributed by atoms with E-state index in [4.69, 9.17) is 0 Å². The molecule has 1 atom stereocenters. The molecule has 116 valence electrons. The van der Waals surface area contributed by atoms with Crippen LogP contribution in [0.3, 0.4) is 0 Å². The fourth-order valence-corrected chi connectivity index (χ4v) is 5.58. The van der Waals surface area contributed by atoms with E-state index in [0.717, 1.165) is 18.4 Å². The maximum absolute atomic E-state index is 13.1. The van der Waals surface area contributed by atoms with Crippen molar-refractivity contribution in [1.29, 1.82) is 0 Å². The minimum Gasteiger partial charge on any atom is -0.341 e.